The van der Waals surface area contributed by atoms with Crippen molar-refractivity contribution in [3.8, 4) is 5.75 Å². The number of ether oxygens (including phenoxy) is 1. The van der Waals surface area contributed by atoms with E-state index in [0.29, 0.717) is 11.3 Å². The lowest BCUT2D eigenvalue weighted by atomic mass is 9.98. The van der Waals surface area contributed by atoms with Crippen LogP contribution in [0.5, 0.6) is 5.75 Å². The second-order valence-corrected chi connectivity index (χ2v) is 8.67. The van der Waals surface area contributed by atoms with E-state index in [0.717, 1.165) is 24.8 Å². The zero-order chi connectivity index (χ0) is 18.6. The zero-order valence-electron chi connectivity index (χ0n) is 14.8. The van der Waals surface area contributed by atoms with Gasteiger partial charge >= 0.3 is 0 Å². The van der Waals surface area contributed by atoms with Crippen molar-refractivity contribution in [2.45, 2.75) is 43.1 Å². The van der Waals surface area contributed by atoms with E-state index in [1.54, 1.807) is 24.3 Å². The van der Waals surface area contributed by atoms with Crippen molar-refractivity contribution in [3.63, 3.8) is 0 Å². The Hall–Kier alpha value is -2.34. The van der Waals surface area contributed by atoms with Gasteiger partial charge in [0.05, 0.1) is 11.0 Å². The first-order valence-electron chi connectivity index (χ1n) is 8.80. The number of amides is 1. The van der Waals surface area contributed by atoms with Gasteiger partial charge in [0.15, 0.2) is 9.84 Å². The average molecular weight is 373 g/mol. The third kappa shape index (κ3) is 4.85. The van der Waals surface area contributed by atoms with Gasteiger partial charge in [0, 0.05) is 17.5 Å². The van der Waals surface area contributed by atoms with E-state index < -0.39 is 9.84 Å². The molecule has 0 unspecified atom stereocenters. The standard InChI is InChI=1S/C20H23NO4S/c1-26(23,24)19-13-9-16(10-14-19)21-20(22)15-7-11-18(12-8-15)25-17-5-3-2-4-6-17/h7-14,17H,2-6H2,1H3,(H,21,22). The Morgan fingerprint density at radius 3 is 2.15 bits per heavy atom. The molecule has 1 aliphatic rings. The summed E-state index contributed by atoms with van der Waals surface area (Å²) in [6.07, 6.45) is 7.31. The van der Waals surface area contributed by atoms with Crippen molar-refractivity contribution in [2.24, 2.45) is 0 Å². The molecule has 1 fully saturated rings. The second-order valence-electron chi connectivity index (χ2n) is 6.65. The van der Waals surface area contributed by atoms with Crippen LogP contribution in [0.1, 0.15) is 42.5 Å². The Labute approximate surface area is 154 Å². The molecule has 26 heavy (non-hydrogen) atoms. The molecule has 2 aromatic rings. The van der Waals surface area contributed by atoms with Gasteiger partial charge in [0.25, 0.3) is 5.91 Å². The Morgan fingerprint density at radius 2 is 1.58 bits per heavy atom. The molecule has 3 rings (SSSR count). The maximum absolute atomic E-state index is 12.3. The second kappa shape index (κ2) is 7.91. The molecular weight excluding hydrogens is 350 g/mol. The highest BCUT2D eigenvalue weighted by Crippen LogP contribution is 2.24. The number of carbonyl (C=O) groups excluding carboxylic acids is 1. The van der Waals surface area contributed by atoms with Crippen LogP contribution in [0.25, 0.3) is 0 Å². The minimum absolute atomic E-state index is 0.222. The summed E-state index contributed by atoms with van der Waals surface area (Å²) in [7, 11) is -3.24. The van der Waals surface area contributed by atoms with Gasteiger partial charge in [-0.3, -0.25) is 4.79 Å². The maximum Gasteiger partial charge on any atom is 0.255 e. The molecule has 0 radical (unpaired) electrons. The van der Waals surface area contributed by atoms with Crippen LogP contribution < -0.4 is 10.1 Å². The minimum atomic E-state index is -3.24. The van der Waals surface area contributed by atoms with Crippen molar-refractivity contribution in [3.05, 3.63) is 54.1 Å². The highest BCUT2D eigenvalue weighted by molar-refractivity contribution is 7.90. The summed E-state index contributed by atoms with van der Waals surface area (Å²) < 4.78 is 28.9. The first-order valence-corrected chi connectivity index (χ1v) is 10.7. The van der Waals surface area contributed by atoms with Crippen LogP contribution in [0.4, 0.5) is 5.69 Å². The van der Waals surface area contributed by atoms with Gasteiger partial charge < -0.3 is 10.1 Å². The van der Waals surface area contributed by atoms with Crippen LogP contribution in [0, 0.1) is 0 Å². The number of rotatable bonds is 5. The van der Waals surface area contributed by atoms with E-state index in [1.165, 1.54) is 31.4 Å². The van der Waals surface area contributed by atoms with Crippen molar-refractivity contribution >= 4 is 21.4 Å². The summed E-state index contributed by atoms with van der Waals surface area (Å²) in [6, 6.07) is 13.2. The van der Waals surface area contributed by atoms with E-state index in [9.17, 15) is 13.2 Å². The van der Waals surface area contributed by atoms with Gasteiger partial charge in [-0.05, 0) is 74.2 Å². The molecule has 1 N–H and O–H groups in total. The Bertz CT molecular complexity index is 852. The Balaban J connectivity index is 1.60. The lowest BCUT2D eigenvalue weighted by Gasteiger charge is -2.23. The molecule has 138 valence electrons. The van der Waals surface area contributed by atoms with Gasteiger partial charge in [-0.2, -0.15) is 0 Å². The first kappa shape index (κ1) is 18.5. The largest absolute Gasteiger partial charge is 0.490 e. The molecule has 1 saturated carbocycles. The number of carbonyl (C=O) groups is 1. The number of nitrogens with one attached hydrogen (secondary N) is 1. The van der Waals surface area contributed by atoms with E-state index in [-0.39, 0.29) is 16.9 Å². The third-order valence-electron chi connectivity index (χ3n) is 4.51. The molecular formula is C20H23NO4S. The molecule has 0 aliphatic heterocycles. The van der Waals surface area contributed by atoms with Gasteiger partial charge in [0.2, 0.25) is 0 Å². The predicted molar refractivity (Wildman–Crippen MR) is 101 cm³/mol. The quantitative estimate of drug-likeness (QED) is 0.858. The van der Waals surface area contributed by atoms with Gasteiger partial charge in [-0.1, -0.05) is 6.42 Å². The highest BCUT2D eigenvalue weighted by Gasteiger charge is 2.15. The average Bonchev–Trinajstić information content (AvgIpc) is 2.63. The summed E-state index contributed by atoms with van der Waals surface area (Å²) >= 11 is 0. The lowest BCUT2D eigenvalue weighted by Crippen LogP contribution is -2.19. The normalized spacial score (nSPS) is 15.4. The number of hydrogen-bond donors (Lipinski definition) is 1. The fourth-order valence-corrected chi connectivity index (χ4v) is 3.68. The number of benzene rings is 2. The maximum atomic E-state index is 12.3. The van der Waals surface area contributed by atoms with Crippen LogP contribution in [0.2, 0.25) is 0 Å². The monoisotopic (exact) mass is 373 g/mol. The molecule has 0 bridgehead atoms. The highest BCUT2D eigenvalue weighted by atomic mass is 32.2. The van der Waals surface area contributed by atoms with Crippen molar-refractivity contribution < 1.29 is 17.9 Å². The number of anilines is 1. The molecule has 1 amide bonds. The Kier molecular flexibility index (Phi) is 5.61. The van der Waals surface area contributed by atoms with Crippen LogP contribution in [0.15, 0.2) is 53.4 Å². The summed E-state index contributed by atoms with van der Waals surface area (Å²) in [4.78, 5) is 12.5. The number of hydrogen-bond acceptors (Lipinski definition) is 4. The van der Waals surface area contributed by atoms with E-state index in [1.807, 2.05) is 12.1 Å². The van der Waals surface area contributed by atoms with Crippen LogP contribution in [0.3, 0.4) is 0 Å². The van der Waals surface area contributed by atoms with Gasteiger partial charge in [-0.25, -0.2) is 8.42 Å². The molecule has 0 aromatic heterocycles. The van der Waals surface area contributed by atoms with E-state index in [2.05, 4.69) is 5.32 Å². The van der Waals surface area contributed by atoms with Crippen molar-refractivity contribution in [2.75, 3.05) is 11.6 Å². The molecule has 5 nitrogen and oxygen atoms in total. The van der Waals surface area contributed by atoms with Crippen molar-refractivity contribution in [1.29, 1.82) is 0 Å². The summed E-state index contributed by atoms with van der Waals surface area (Å²) in [5.41, 5.74) is 1.07. The smallest absolute Gasteiger partial charge is 0.255 e. The fourth-order valence-electron chi connectivity index (χ4n) is 3.05. The molecule has 6 heteroatoms. The molecule has 1 aliphatic carbocycles. The van der Waals surface area contributed by atoms with E-state index >= 15 is 0 Å². The lowest BCUT2D eigenvalue weighted by molar-refractivity contribution is 0.102. The fraction of sp³-hybridized carbons (Fsp3) is 0.350. The summed E-state index contributed by atoms with van der Waals surface area (Å²) in [5, 5.41) is 2.76. The minimum Gasteiger partial charge on any atom is -0.490 e. The van der Waals surface area contributed by atoms with Crippen LogP contribution >= 0.6 is 0 Å². The molecule has 2 aromatic carbocycles. The zero-order valence-corrected chi connectivity index (χ0v) is 15.6. The third-order valence-corrected chi connectivity index (χ3v) is 5.64. The molecule has 0 spiro atoms. The topological polar surface area (TPSA) is 72.5 Å². The molecule has 0 atom stereocenters. The van der Waals surface area contributed by atoms with Crippen molar-refractivity contribution in [1.82, 2.24) is 0 Å². The number of sulfone groups is 1. The SMILES string of the molecule is CS(=O)(=O)c1ccc(NC(=O)c2ccc(OC3CCCCC3)cc2)cc1. The first-order chi connectivity index (χ1) is 12.4. The summed E-state index contributed by atoms with van der Waals surface area (Å²) in [5.74, 6) is 0.535. The Morgan fingerprint density at radius 1 is 0.962 bits per heavy atom. The predicted octanol–water partition coefficient (Wildman–Crippen LogP) is 4.05. The van der Waals surface area contributed by atoms with Crippen LogP contribution in [-0.4, -0.2) is 26.7 Å². The summed E-state index contributed by atoms with van der Waals surface area (Å²) in [6.45, 7) is 0. The molecule has 0 saturated heterocycles. The molecule has 0 heterocycles. The van der Waals surface area contributed by atoms with Crippen LogP contribution in [-0.2, 0) is 9.84 Å². The van der Waals surface area contributed by atoms with Gasteiger partial charge in [0.1, 0.15) is 5.75 Å². The van der Waals surface area contributed by atoms with E-state index in [4.69, 9.17) is 4.74 Å². The van der Waals surface area contributed by atoms with Gasteiger partial charge in [-0.15, -0.1) is 0 Å².